The molecular formula is C25H22N2O3. The van der Waals surface area contributed by atoms with Crippen molar-refractivity contribution in [2.45, 2.75) is 26.3 Å². The molecule has 1 N–H and O–H groups in total. The molecule has 2 aromatic heterocycles. The first kappa shape index (κ1) is 19.6. The topological polar surface area (TPSA) is 72.2 Å². The van der Waals surface area contributed by atoms with Crippen LogP contribution in [0, 0.1) is 0 Å². The maximum absolute atomic E-state index is 13.5. The summed E-state index contributed by atoms with van der Waals surface area (Å²) in [6, 6.07) is 22.9. The van der Waals surface area contributed by atoms with Crippen molar-refractivity contribution in [3.8, 4) is 22.4 Å². The van der Waals surface area contributed by atoms with Gasteiger partial charge in [-0.25, -0.2) is 9.78 Å². The number of carbonyl (C=O) groups is 1. The predicted molar refractivity (Wildman–Crippen MR) is 119 cm³/mol. The van der Waals surface area contributed by atoms with E-state index in [4.69, 9.17) is 0 Å². The number of unbranched alkanes of at least 4 members (excludes halogenated alkanes) is 1. The van der Waals surface area contributed by atoms with Gasteiger partial charge >= 0.3 is 5.97 Å². The van der Waals surface area contributed by atoms with Crippen molar-refractivity contribution < 1.29 is 9.90 Å². The molecule has 0 radical (unpaired) electrons. The molecule has 0 unspecified atom stereocenters. The van der Waals surface area contributed by atoms with Gasteiger partial charge in [0.1, 0.15) is 11.2 Å². The summed E-state index contributed by atoms with van der Waals surface area (Å²) < 4.78 is 1.75. The predicted octanol–water partition coefficient (Wildman–Crippen LogP) is 5.23. The van der Waals surface area contributed by atoms with Gasteiger partial charge in [-0.3, -0.25) is 4.79 Å². The van der Waals surface area contributed by atoms with Crippen molar-refractivity contribution in [1.82, 2.24) is 9.55 Å². The quantitative estimate of drug-likeness (QED) is 0.483. The van der Waals surface area contributed by atoms with Gasteiger partial charge in [0.05, 0.1) is 5.69 Å². The second kappa shape index (κ2) is 8.33. The van der Waals surface area contributed by atoms with Crippen LogP contribution in [0.3, 0.4) is 0 Å². The number of carboxylic acid groups (broad SMARTS) is 1. The summed E-state index contributed by atoms with van der Waals surface area (Å²) in [6.07, 6.45) is 1.76. The van der Waals surface area contributed by atoms with E-state index in [0.717, 1.165) is 35.2 Å². The first-order valence-electron chi connectivity index (χ1n) is 10.0. The molecule has 0 fully saturated rings. The average molecular weight is 398 g/mol. The molecular weight excluding hydrogens is 376 g/mol. The molecule has 0 aliphatic rings. The van der Waals surface area contributed by atoms with E-state index < -0.39 is 5.97 Å². The lowest BCUT2D eigenvalue weighted by molar-refractivity contribution is 0.0691. The van der Waals surface area contributed by atoms with Gasteiger partial charge in [-0.05, 0) is 29.7 Å². The fraction of sp³-hybridized carbons (Fsp3) is 0.160. The Morgan fingerprint density at radius 1 is 0.933 bits per heavy atom. The van der Waals surface area contributed by atoms with Crippen LogP contribution >= 0.6 is 0 Å². The van der Waals surface area contributed by atoms with Crippen LogP contribution in [0.4, 0.5) is 0 Å². The summed E-state index contributed by atoms with van der Waals surface area (Å²) in [4.78, 5) is 29.2. The third kappa shape index (κ3) is 3.50. The van der Waals surface area contributed by atoms with E-state index >= 15 is 0 Å². The molecule has 0 saturated heterocycles. The highest BCUT2D eigenvalue weighted by Crippen LogP contribution is 2.36. The molecule has 0 atom stereocenters. The Bertz CT molecular complexity index is 1260. The Balaban J connectivity index is 2.19. The normalized spacial score (nSPS) is 11.0. The van der Waals surface area contributed by atoms with E-state index in [-0.39, 0.29) is 16.8 Å². The standard InChI is InChI=1S/C25H22N2O3/c1-2-3-16-27-23(18-12-8-5-9-13-18)21(17-10-6-4-7-11-17)19-14-15-20(25(29)30)26-22(19)24(27)28/h4-15H,2-3,16H2,1H3,(H,29,30). The van der Waals surface area contributed by atoms with Crippen LogP contribution < -0.4 is 5.56 Å². The Morgan fingerprint density at radius 2 is 1.57 bits per heavy atom. The Labute approximate surface area is 174 Å². The summed E-state index contributed by atoms with van der Waals surface area (Å²) in [7, 11) is 0. The van der Waals surface area contributed by atoms with Gasteiger partial charge in [0.25, 0.3) is 5.56 Å². The molecule has 30 heavy (non-hydrogen) atoms. The molecule has 150 valence electrons. The summed E-state index contributed by atoms with van der Waals surface area (Å²) in [5.74, 6) is -1.15. The van der Waals surface area contributed by atoms with Gasteiger partial charge in [-0.2, -0.15) is 0 Å². The van der Waals surface area contributed by atoms with Crippen LogP contribution in [0.15, 0.2) is 77.6 Å². The number of carboxylic acids is 1. The van der Waals surface area contributed by atoms with Crippen LogP contribution in [0.2, 0.25) is 0 Å². The van der Waals surface area contributed by atoms with E-state index in [1.54, 1.807) is 10.6 Å². The Morgan fingerprint density at radius 3 is 2.17 bits per heavy atom. The SMILES string of the molecule is CCCCn1c(-c2ccccc2)c(-c2ccccc2)c2ccc(C(=O)O)nc2c1=O. The number of rotatable bonds is 6. The lowest BCUT2D eigenvalue weighted by Crippen LogP contribution is -2.24. The zero-order chi connectivity index (χ0) is 21.1. The molecule has 2 aromatic carbocycles. The van der Waals surface area contributed by atoms with Crippen LogP contribution in [0.25, 0.3) is 33.3 Å². The molecule has 0 amide bonds. The molecule has 5 heteroatoms. The fourth-order valence-electron chi connectivity index (χ4n) is 3.76. The molecule has 4 rings (SSSR count). The summed E-state index contributed by atoms with van der Waals surface area (Å²) >= 11 is 0. The lowest BCUT2D eigenvalue weighted by atomic mass is 9.94. The minimum Gasteiger partial charge on any atom is -0.477 e. The zero-order valence-electron chi connectivity index (χ0n) is 16.7. The highest BCUT2D eigenvalue weighted by Gasteiger charge is 2.21. The third-order valence-electron chi connectivity index (χ3n) is 5.18. The van der Waals surface area contributed by atoms with Crippen LogP contribution in [-0.4, -0.2) is 20.6 Å². The van der Waals surface area contributed by atoms with E-state index in [9.17, 15) is 14.7 Å². The van der Waals surface area contributed by atoms with Crippen LogP contribution in [0.1, 0.15) is 30.3 Å². The summed E-state index contributed by atoms with van der Waals surface area (Å²) in [5, 5.41) is 10.0. The minimum absolute atomic E-state index is 0.131. The van der Waals surface area contributed by atoms with Gasteiger partial charge in [-0.15, -0.1) is 0 Å². The lowest BCUT2D eigenvalue weighted by Gasteiger charge is -2.20. The molecule has 0 aliphatic carbocycles. The van der Waals surface area contributed by atoms with Gasteiger partial charge in [-0.1, -0.05) is 74.0 Å². The van der Waals surface area contributed by atoms with Gasteiger partial charge in [0, 0.05) is 17.5 Å². The van der Waals surface area contributed by atoms with Crippen molar-refractivity contribution in [1.29, 1.82) is 0 Å². The number of hydrogen-bond acceptors (Lipinski definition) is 3. The third-order valence-corrected chi connectivity index (χ3v) is 5.18. The maximum atomic E-state index is 13.5. The van der Waals surface area contributed by atoms with E-state index in [2.05, 4.69) is 11.9 Å². The number of nitrogens with zero attached hydrogens (tertiary/aromatic N) is 2. The molecule has 0 saturated carbocycles. The van der Waals surface area contributed by atoms with E-state index in [0.29, 0.717) is 11.9 Å². The molecule has 0 bridgehead atoms. The Kier molecular flexibility index (Phi) is 5.44. The maximum Gasteiger partial charge on any atom is 0.354 e. The number of benzene rings is 2. The van der Waals surface area contributed by atoms with E-state index in [1.807, 2.05) is 60.7 Å². The number of aromatic nitrogens is 2. The second-order valence-electron chi connectivity index (χ2n) is 7.16. The molecule has 4 aromatic rings. The average Bonchev–Trinajstić information content (AvgIpc) is 2.79. The largest absolute Gasteiger partial charge is 0.477 e. The zero-order valence-corrected chi connectivity index (χ0v) is 16.7. The van der Waals surface area contributed by atoms with Crippen molar-refractivity contribution >= 4 is 16.9 Å². The van der Waals surface area contributed by atoms with Crippen molar-refractivity contribution in [2.24, 2.45) is 0 Å². The van der Waals surface area contributed by atoms with Crippen molar-refractivity contribution in [2.75, 3.05) is 0 Å². The second-order valence-corrected chi connectivity index (χ2v) is 7.16. The van der Waals surface area contributed by atoms with Crippen molar-refractivity contribution in [3.63, 3.8) is 0 Å². The van der Waals surface area contributed by atoms with Gasteiger partial charge < -0.3 is 9.67 Å². The monoisotopic (exact) mass is 398 g/mol. The smallest absolute Gasteiger partial charge is 0.354 e. The molecule has 5 nitrogen and oxygen atoms in total. The summed E-state index contributed by atoms with van der Waals surface area (Å²) in [5.41, 5.74) is 3.40. The van der Waals surface area contributed by atoms with Crippen molar-refractivity contribution in [3.05, 3.63) is 88.8 Å². The summed E-state index contributed by atoms with van der Waals surface area (Å²) in [6.45, 7) is 2.61. The van der Waals surface area contributed by atoms with Crippen LogP contribution in [0.5, 0.6) is 0 Å². The number of pyridine rings is 2. The molecule has 0 aliphatic heterocycles. The minimum atomic E-state index is -1.15. The highest BCUT2D eigenvalue weighted by atomic mass is 16.4. The molecule has 2 heterocycles. The van der Waals surface area contributed by atoms with Crippen LogP contribution in [-0.2, 0) is 6.54 Å². The Hall–Kier alpha value is -3.73. The molecule has 0 spiro atoms. The number of hydrogen-bond donors (Lipinski definition) is 1. The fourth-order valence-corrected chi connectivity index (χ4v) is 3.76. The van der Waals surface area contributed by atoms with E-state index in [1.165, 1.54) is 6.07 Å². The number of aromatic carboxylic acids is 1. The first-order chi connectivity index (χ1) is 14.6. The van der Waals surface area contributed by atoms with Gasteiger partial charge in [0.15, 0.2) is 0 Å². The number of fused-ring (bicyclic) bond motifs is 1. The highest BCUT2D eigenvalue weighted by molar-refractivity contribution is 6.02. The first-order valence-corrected chi connectivity index (χ1v) is 10.0. The van der Waals surface area contributed by atoms with Gasteiger partial charge in [0.2, 0.25) is 0 Å².